The first-order chi connectivity index (χ1) is 9.25. The van der Waals surface area contributed by atoms with Crippen LogP contribution in [-0.4, -0.2) is 31.1 Å². The van der Waals surface area contributed by atoms with E-state index in [9.17, 15) is 4.39 Å². The van der Waals surface area contributed by atoms with Crippen molar-refractivity contribution in [2.75, 3.05) is 26.2 Å². The van der Waals surface area contributed by atoms with Gasteiger partial charge in [0.25, 0.3) is 0 Å². The van der Waals surface area contributed by atoms with Crippen molar-refractivity contribution in [1.82, 2.24) is 10.2 Å². The van der Waals surface area contributed by atoms with Gasteiger partial charge in [-0.05, 0) is 57.6 Å². The molecule has 1 aromatic rings. The Labute approximate surface area is 119 Å². The van der Waals surface area contributed by atoms with Gasteiger partial charge in [0, 0.05) is 17.1 Å². The van der Waals surface area contributed by atoms with E-state index in [4.69, 9.17) is 11.6 Å². The van der Waals surface area contributed by atoms with Crippen molar-refractivity contribution in [3.05, 3.63) is 34.6 Å². The molecular weight excluding hydrogens is 263 g/mol. The predicted octanol–water partition coefficient (Wildman–Crippen LogP) is 3.44. The minimum Gasteiger partial charge on any atom is -0.313 e. The zero-order valence-corrected chi connectivity index (χ0v) is 12.1. The molecule has 1 heterocycles. The van der Waals surface area contributed by atoms with Crippen molar-refractivity contribution in [2.24, 2.45) is 0 Å². The summed E-state index contributed by atoms with van der Waals surface area (Å²) in [5, 5.41) is 3.74. The number of nitrogens with zero attached hydrogens (tertiary/aromatic N) is 1. The van der Waals surface area contributed by atoms with Gasteiger partial charge in [0.1, 0.15) is 5.82 Å². The van der Waals surface area contributed by atoms with E-state index in [1.165, 1.54) is 38.4 Å². The molecular formula is C15H22ClFN2. The van der Waals surface area contributed by atoms with Gasteiger partial charge in [0.05, 0.1) is 0 Å². The highest BCUT2D eigenvalue weighted by Gasteiger charge is 2.08. The maximum atomic E-state index is 13.5. The number of benzene rings is 1. The Balaban J connectivity index is 1.61. The normalized spacial score (nSPS) is 16.7. The quantitative estimate of drug-likeness (QED) is 0.805. The van der Waals surface area contributed by atoms with Crippen LogP contribution in [0.1, 0.15) is 31.2 Å². The van der Waals surface area contributed by atoms with Crippen molar-refractivity contribution >= 4 is 11.6 Å². The number of rotatable bonds is 6. The maximum Gasteiger partial charge on any atom is 0.129 e. The molecule has 1 aromatic carbocycles. The average Bonchev–Trinajstić information content (AvgIpc) is 2.42. The van der Waals surface area contributed by atoms with E-state index in [0.717, 1.165) is 19.5 Å². The van der Waals surface area contributed by atoms with Crippen LogP contribution in [0.15, 0.2) is 18.2 Å². The molecule has 19 heavy (non-hydrogen) atoms. The topological polar surface area (TPSA) is 15.3 Å². The van der Waals surface area contributed by atoms with Crippen molar-refractivity contribution in [2.45, 2.75) is 32.2 Å². The summed E-state index contributed by atoms with van der Waals surface area (Å²) in [6.07, 6.45) is 5.17. The molecule has 1 fully saturated rings. The van der Waals surface area contributed by atoms with Crippen LogP contribution in [0.25, 0.3) is 0 Å². The van der Waals surface area contributed by atoms with Gasteiger partial charge in [-0.1, -0.05) is 24.1 Å². The van der Waals surface area contributed by atoms with Crippen molar-refractivity contribution in [1.29, 1.82) is 0 Å². The van der Waals surface area contributed by atoms with Crippen LogP contribution < -0.4 is 5.32 Å². The predicted molar refractivity (Wildman–Crippen MR) is 78.0 cm³/mol. The molecule has 0 unspecified atom stereocenters. The molecule has 1 aliphatic rings. The average molecular weight is 285 g/mol. The number of hydrogen-bond acceptors (Lipinski definition) is 2. The van der Waals surface area contributed by atoms with E-state index in [1.807, 2.05) is 0 Å². The second kappa shape index (κ2) is 7.83. The standard InChI is InChI=1S/C15H22ClFN2/c16-14-6-5-13(15(17)11-14)12-18-7-4-10-19-8-2-1-3-9-19/h5-6,11,18H,1-4,7-10,12H2. The van der Waals surface area contributed by atoms with Gasteiger partial charge in [-0.25, -0.2) is 4.39 Å². The molecule has 0 aliphatic carbocycles. The van der Waals surface area contributed by atoms with E-state index in [1.54, 1.807) is 12.1 Å². The number of nitrogens with one attached hydrogen (secondary N) is 1. The Morgan fingerprint density at radius 3 is 2.74 bits per heavy atom. The van der Waals surface area contributed by atoms with Crippen LogP contribution in [0.2, 0.25) is 5.02 Å². The Hall–Kier alpha value is -0.640. The second-order valence-electron chi connectivity index (χ2n) is 5.17. The zero-order valence-electron chi connectivity index (χ0n) is 11.3. The van der Waals surface area contributed by atoms with Crippen LogP contribution in [0.5, 0.6) is 0 Å². The molecule has 2 nitrogen and oxygen atoms in total. The van der Waals surface area contributed by atoms with E-state index >= 15 is 0 Å². The lowest BCUT2D eigenvalue weighted by Gasteiger charge is -2.26. The van der Waals surface area contributed by atoms with Gasteiger partial charge in [-0.2, -0.15) is 0 Å². The monoisotopic (exact) mass is 284 g/mol. The van der Waals surface area contributed by atoms with E-state index in [-0.39, 0.29) is 5.82 Å². The summed E-state index contributed by atoms with van der Waals surface area (Å²) in [4.78, 5) is 2.52. The number of hydrogen-bond donors (Lipinski definition) is 1. The number of halogens is 2. The van der Waals surface area contributed by atoms with Crippen LogP contribution in [-0.2, 0) is 6.54 Å². The molecule has 106 valence electrons. The Bertz CT molecular complexity index is 392. The maximum absolute atomic E-state index is 13.5. The molecule has 2 rings (SSSR count). The van der Waals surface area contributed by atoms with Gasteiger partial charge in [-0.15, -0.1) is 0 Å². The lowest BCUT2D eigenvalue weighted by Crippen LogP contribution is -2.32. The fourth-order valence-corrected chi connectivity index (χ4v) is 2.66. The first-order valence-corrected chi connectivity index (χ1v) is 7.50. The van der Waals surface area contributed by atoms with Gasteiger partial charge in [0.2, 0.25) is 0 Å². The van der Waals surface area contributed by atoms with Crippen LogP contribution in [0.4, 0.5) is 4.39 Å². The van der Waals surface area contributed by atoms with Crippen LogP contribution in [0, 0.1) is 5.82 Å². The van der Waals surface area contributed by atoms with E-state index < -0.39 is 0 Å². The lowest BCUT2D eigenvalue weighted by molar-refractivity contribution is 0.225. The van der Waals surface area contributed by atoms with E-state index in [0.29, 0.717) is 17.1 Å². The summed E-state index contributed by atoms with van der Waals surface area (Å²) >= 11 is 5.72. The Morgan fingerprint density at radius 1 is 1.21 bits per heavy atom. The highest BCUT2D eigenvalue weighted by atomic mass is 35.5. The molecule has 4 heteroatoms. The fraction of sp³-hybridized carbons (Fsp3) is 0.600. The molecule has 0 aromatic heterocycles. The molecule has 1 aliphatic heterocycles. The summed E-state index contributed by atoms with van der Waals surface area (Å²) in [6, 6.07) is 4.84. The smallest absolute Gasteiger partial charge is 0.129 e. The SMILES string of the molecule is Fc1cc(Cl)ccc1CNCCCN1CCCCC1. The summed E-state index contributed by atoms with van der Waals surface area (Å²) in [5.41, 5.74) is 0.683. The zero-order chi connectivity index (χ0) is 13.5. The molecule has 0 saturated carbocycles. The molecule has 0 atom stereocenters. The Kier molecular flexibility index (Phi) is 6.08. The van der Waals surface area contributed by atoms with Gasteiger partial charge >= 0.3 is 0 Å². The van der Waals surface area contributed by atoms with Crippen molar-refractivity contribution in [3.63, 3.8) is 0 Å². The van der Waals surface area contributed by atoms with Gasteiger partial charge < -0.3 is 10.2 Å². The van der Waals surface area contributed by atoms with Crippen molar-refractivity contribution in [3.8, 4) is 0 Å². The minimum absolute atomic E-state index is 0.226. The summed E-state index contributed by atoms with van der Waals surface area (Å²) in [5.74, 6) is -0.226. The minimum atomic E-state index is -0.226. The first kappa shape index (κ1) is 14.8. The molecule has 0 radical (unpaired) electrons. The van der Waals surface area contributed by atoms with Gasteiger partial charge in [0.15, 0.2) is 0 Å². The number of likely N-dealkylation sites (tertiary alicyclic amines) is 1. The summed E-state index contributed by atoms with van der Waals surface area (Å²) in [6.45, 7) is 5.13. The molecule has 1 saturated heterocycles. The van der Waals surface area contributed by atoms with Crippen molar-refractivity contribution < 1.29 is 4.39 Å². The Morgan fingerprint density at radius 2 is 2.00 bits per heavy atom. The van der Waals surface area contributed by atoms with Crippen LogP contribution in [0.3, 0.4) is 0 Å². The molecule has 0 bridgehead atoms. The molecule has 0 spiro atoms. The third kappa shape index (κ3) is 5.09. The highest BCUT2D eigenvalue weighted by Crippen LogP contribution is 2.14. The van der Waals surface area contributed by atoms with Crippen LogP contribution >= 0.6 is 11.6 Å². The van der Waals surface area contributed by atoms with Gasteiger partial charge in [-0.3, -0.25) is 0 Å². The second-order valence-corrected chi connectivity index (χ2v) is 5.60. The molecule has 1 N–H and O–H groups in total. The third-order valence-electron chi connectivity index (χ3n) is 3.61. The highest BCUT2D eigenvalue weighted by molar-refractivity contribution is 6.30. The molecule has 0 amide bonds. The fourth-order valence-electron chi connectivity index (χ4n) is 2.50. The summed E-state index contributed by atoms with van der Waals surface area (Å²) < 4.78 is 13.5. The van der Waals surface area contributed by atoms with E-state index in [2.05, 4.69) is 10.2 Å². The largest absolute Gasteiger partial charge is 0.313 e. The lowest BCUT2D eigenvalue weighted by atomic mass is 10.1. The first-order valence-electron chi connectivity index (χ1n) is 7.13. The summed E-state index contributed by atoms with van der Waals surface area (Å²) in [7, 11) is 0. The number of piperidine rings is 1. The third-order valence-corrected chi connectivity index (χ3v) is 3.84.